The summed E-state index contributed by atoms with van der Waals surface area (Å²) in [5.41, 5.74) is 3.29. The zero-order valence-electron chi connectivity index (χ0n) is 10.9. The summed E-state index contributed by atoms with van der Waals surface area (Å²) < 4.78 is 31.3. The first-order chi connectivity index (χ1) is 7.41. The number of halogens is 2. The fraction of sp³-hybridized carbons (Fsp3) is 0.909. The van der Waals surface area contributed by atoms with Gasteiger partial charge in [-0.1, -0.05) is 0 Å². The number of carbonyl (C=O) groups is 1. The molecule has 6 heteroatoms. The van der Waals surface area contributed by atoms with Gasteiger partial charge in [0, 0.05) is 13.5 Å². The number of likely N-dealkylation sites (N-methyl/N-ethyl adjacent to an activating group) is 1. The van der Waals surface area contributed by atoms with E-state index in [2.05, 4.69) is 0 Å². The summed E-state index contributed by atoms with van der Waals surface area (Å²) in [6.07, 6.45) is -1.04. The average molecular weight is 250 g/mol. The lowest BCUT2D eigenvalue weighted by atomic mass is 10.1. The van der Waals surface area contributed by atoms with Gasteiger partial charge in [0.2, 0.25) is 0 Å². The molecule has 1 fully saturated rings. The van der Waals surface area contributed by atoms with Crippen LogP contribution in [-0.4, -0.2) is 41.1 Å². The lowest BCUT2D eigenvalue weighted by Gasteiger charge is -2.31. The molecule has 2 atom stereocenters. The van der Waals surface area contributed by atoms with Crippen LogP contribution in [0, 0.1) is 0 Å². The van der Waals surface area contributed by atoms with Crippen LogP contribution in [0.25, 0.3) is 0 Å². The summed E-state index contributed by atoms with van der Waals surface area (Å²) in [6.45, 7) is 6.65. The topological polar surface area (TPSA) is 55.6 Å². The van der Waals surface area contributed by atoms with E-state index in [1.165, 1.54) is 14.0 Å². The van der Waals surface area contributed by atoms with Crippen molar-refractivity contribution in [3.63, 3.8) is 0 Å². The molecule has 0 aromatic carbocycles. The predicted molar refractivity (Wildman–Crippen MR) is 59.9 cm³/mol. The van der Waals surface area contributed by atoms with Gasteiger partial charge in [0.15, 0.2) is 0 Å². The number of ether oxygens (including phenoxy) is 1. The Bertz CT molecular complexity index is 328. The van der Waals surface area contributed by atoms with Gasteiger partial charge in [-0.15, -0.1) is 0 Å². The molecule has 0 spiro atoms. The summed E-state index contributed by atoms with van der Waals surface area (Å²) in [5, 5.41) is 0. The van der Waals surface area contributed by atoms with E-state index in [0.717, 1.165) is 4.90 Å². The molecule has 0 aromatic rings. The van der Waals surface area contributed by atoms with Gasteiger partial charge in [0.05, 0.1) is 6.04 Å². The van der Waals surface area contributed by atoms with Crippen LogP contribution in [0.15, 0.2) is 0 Å². The second-order valence-electron chi connectivity index (χ2n) is 5.69. The molecule has 17 heavy (non-hydrogen) atoms. The highest BCUT2D eigenvalue weighted by atomic mass is 19.3. The fourth-order valence-electron chi connectivity index (χ4n) is 1.61. The Labute approximate surface area is 100 Å². The maximum atomic E-state index is 13.1. The molecule has 0 heterocycles. The standard InChI is InChI=1S/C11H20F2N2O2/c1-7(10(14)6-11(10,12)13)15(5)8(16)17-9(2,3)4/h7H,6,14H2,1-5H3. The number of carbonyl (C=O) groups excluding carboxylic acids is 1. The number of alkyl halides is 2. The Balaban J connectivity index is 2.66. The normalized spacial score (nSPS) is 28.5. The lowest BCUT2D eigenvalue weighted by Crippen LogP contribution is -2.52. The van der Waals surface area contributed by atoms with Crippen LogP contribution in [-0.2, 0) is 4.74 Å². The van der Waals surface area contributed by atoms with Crippen molar-refractivity contribution in [3.05, 3.63) is 0 Å². The zero-order valence-corrected chi connectivity index (χ0v) is 10.9. The minimum absolute atomic E-state index is 0.395. The van der Waals surface area contributed by atoms with E-state index >= 15 is 0 Å². The molecule has 0 aromatic heterocycles. The van der Waals surface area contributed by atoms with E-state index in [1.54, 1.807) is 20.8 Å². The molecule has 1 aliphatic rings. The van der Waals surface area contributed by atoms with Gasteiger partial charge < -0.3 is 15.4 Å². The number of nitrogens with two attached hydrogens (primary N) is 1. The predicted octanol–water partition coefficient (Wildman–Crippen LogP) is 1.98. The molecule has 1 rings (SSSR count). The molecular weight excluding hydrogens is 230 g/mol. The second-order valence-corrected chi connectivity index (χ2v) is 5.69. The zero-order chi connectivity index (χ0) is 13.6. The van der Waals surface area contributed by atoms with Crippen molar-refractivity contribution >= 4 is 6.09 Å². The lowest BCUT2D eigenvalue weighted by molar-refractivity contribution is 0.0115. The molecule has 0 saturated heterocycles. The summed E-state index contributed by atoms with van der Waals surface area (Å²) in [6, 6.07) is -0.771. The molecule has 0 bridgehead atoms. The summed E-state index contributed by atoms with van der Waals surface area (Å²) in [7, 11) is 1.42. The Morgan fingerprint density at radius 3 is 2.18 bits per heavy atom. The van der Waals surface area contributed by atoms with Crippen LogP contribution >= 0.6 is 0 Å². The third-order valence-corrected chi connectivity index (χ3v) is 3.08. The van der Waals surface area contributed by atoms with Crippen LogP contribution in [0.1, 0.15) is 34.1 Å². The van der Waals surface area contributed by atoms with Crippen LogP contribution in [0.5, 0.6) is 0 Å². The summed E-state index contributed by atoms with van der Waals surface area (Å²) in [4.78, 5) is 12.8. The molecule has 1 amide bonds. The van der Waals surface area contributed by atoms with E-state index in [9.17, 15) is 13.6 Å². The Kier molecular flexibility index (Phi) is 3.16. The van der Waals surface area contributed by atoms with Crippen LogP contribution in [0.2, 0.25) is 0 Å². The van der Waals surface area contributed by atoms with Crippen LogP contribution in [0.4, 0.5) is 13.6 Å². The first-order valence-electron chi connectivity index (χ1n) is 5.53. The molecule has 0 aliphatic heterocycles. The molecule has 0 radical (unpaired) electrons. The molecule has 1 saturated carbocycles. The van der Waals surface area contributed by atoms with Crippen molar-refractivity contribution in [2.45, 2.75) is 57.2 Å². The molecule has 100 valence electrons. The third-order valence-electron chi connectivity index (χ3n) is 3.08. The highest BCUT2D eigenvalue weighted by Gasteiger charge is 2.72. The number of amides is 1. The third kappa shape index (κ3) is 2.68. The minimum atomic E-state index is -2.90. The molecule has 2 N–H and O–H groups in total. The number of hydrogen-bond acceptors (Lipinski definition) is 3. The highest BCUT2D eigenvalue weighted by molar-refractivity contribution is 5.68. The maximum Gasteiger partial charge on any atom is 0.410 e. The number of nitrogens with zero attached hydrogens (tertiary/aromatic N) is 1. The van der Waals surface area contributed by atoms with Gasteiger partial charge in [0.25, 0.3) is 5.92 Å². The average Bonchev–Trinajstić information content (AvgIpc) is 2.62. The van der Waals surface area contributed by atoms with Crippen molar-refractivity contribution in [2.24, 2.45) is 5.73 Å². The van der Waals surface area contributed by atoms with E-state index in [1.807, 2.05) is 0 Å². The quantitative estimate of drug-likeness (QED) is 0.815. The van der Waals surface area contributed by atoms with E-state index in [4.69, 9.17) is 10.5 Å². The van der Waals surface area contributed by atoms with E-state index < -0.39 is 35.6 Å². The SMILES string of the molecule is CC(N(C)C(=O)OC(C)(C)C)C1(N)CC1(F)F. The monoisotopic (exact) mass is 250 g/mol. The summed E-state index contributed by atoms with van der Waals surface area (Å²) in [5.74, 6) is -2.90. The minimum Gasteiger partial charge on any atom is -0.444 e. The fourth-order valence-corrected chi connectivity index (χ4v) is 1.61. The smallest absolute Gasteiger partial charge is 0.410 e. The highest BCUT2D eigenvalue weighted by Crippen LogP contribution is 2.53. The van der Waals surface area contributed by atoms with Crippen LogP contribution in [0.3, 0.4) is 0 Å². The Hall–Kier alpha value is -0.910. The van der Waals surface area contributed by atoms with Crippen molar-refractivity contribution in [1.82, 2.24) is 4.90 Å². The van der Waals surface area contributed by atoms with Crippen molar-refractivity contribution in [3.8, 4) is 0 Å². The van der Waals surface area contributed by atoms with Crippen LogP contribution < -0.4 is 5.73 Å². The number of hydrogen-bond donors (Lipinski definition) is 1. The largest absolute Gasteiger partial charge is 0.444 e. The summed E-state index contributed by atoms with van der Waals surface area (Å²) >= 11 is 0. The van der Waals surface area contributed by atoms with Crippen molar-refractivity contribution in [1.29, 1.82) is 0 Å². The Morgan fingerprint density at radius 2 is 1.88 bits per heavy atom. The van der Waals surface area contributed by atoms with Gasteiger partial charge >= 0.3 is 6.09 Å². The first kappa shape index (κ1) is 14.2. The maximum absolute atomic E-state index is 13.1. The van der Waals surface area contributed by atoms with Gasteiger partial charge in [-0.25, -0.2) is 13.6 Å². The molecule has 1 aliphatic carbocycles. The van der Waals surface area contributed by atoms with E-state index in [0.29, 0.717) is 0 Å². The first-order valence-corrected chi connectivity index (χ1v) is 5.53. The van der Waals surface area contributed by atoms with E-state index in [-0.39, 0.29) is 0 Å². The van der Waals surface area contributed by atoms with Crippen molar-refractivity contribution in [2.75, 3.05) is 7.05 Å². The van der Waals surface area contributed by atoms with Crippen molar-refractivity contribution < 1.29 is 18.3 Å². The number of rotatable bonds is 2. The molecular formula is C11H20F2N2O2. The molecule has 2 unspecified atom stereocenters. The second kappa shape index (κ2) is 3.80. The van der Waals surface area contributed by atoms with Gasteiger partial charge in [-0.2, -0.15) is 0 Å². The molecule has 4 nitrogen and oxygen atoms in total. The van der Waals surface area contributed by atoms with Gasteiger partial charge in [-0.05, 0) is 27.7 Å². The van der Waals surface area contributed by atoms with Gasteiger partial charge in [0.1, 0.15) is 11.1 Å². The van der Waals surface area contributed by atoms with Gasteiger partial charge in [-0.3, -0.25) is 0 Å². The Morgan fingerprint density at radius 1 is 1.47 bits per heavy atom.